The van der Waals surface area contributed by atoms with E-state index < -0.39 is 0 Å². The zero-order chi connectivity index (χ0) is 19.6. The van der Waals surface area contributed by atoms with Crippen molar-refractivity contribution in [3.8, 4) is 0 Å². The Hall–Kier alpha value is -2.42. The number of anilines is 4. The van der Waals surface area contributed by atoms with E-state index in [2.05, 4.69) is 26.6 Å². The van der Waals surface area contributed by atoms with E-state index in [1.807, 2.05) is 24.3 Å². The van der Waals surface area contributed by atoms with E-state index in [-0.39, 0.29) is 0 Å². The van der Waals surface area contributed by atoms with Gasteiger partial charge < -0.3 is 20.7 Å². The van der Waals surface area contributed by atoms with Gasteiger partial charge in [-0.05, 0) is 42.5 Å². The van der Waals surface area contributed by atoms with Gasteiger partial charge in [-0.1, -0.05) is 6.07 Å². The number of fused-ring (bicyclic) bond motifs is 1. The summed E-state index contributed by atoms with van der Waals surface area (Å²) < 4.78 is 6.67. The fraction of sp³-hybridized carbons (Fsp3) is 0.429. The van der Waals surface area contributed by atoms with Crippen LogP contribution in [0.4, 0.5) is 23.1 Å². The number of piperidine rings is 1. The van der Waals surface area contributed by atoms with Crippen LogP contribution in [0.5, 0.6) is 0 Å². The van der Waals surface area contributed by atoms with Crippen molar-refractivity contribution < 1.29 is 4.74 Å². The van der Waals surface area contributed by atoms with Crippen LogP contribution in [0.15, 0.2) is 35.7 Å². The first-order valence-corrected chi connectivity index (χ1v) is 11.1. The SMILES string of the molecule is Nc1cccc(Nc2nc(N3CCC(N4CCOCC4)CC3)c3sccc3n2)c1. The Kier molecular flexibility index (Phi) is 5.22. The first-order chi connectivity index (χ1) is 14.3. The molecule has 2 aromatic heterocycles. The van der Waals surface area contributed by atoms with Crippen LogP contribution in [-0.4, -0.2) is 60.3 Å². The fourth-order valence-electron chi connectivity index (χ4n) is 4.25. The molecule has 0 aliphatic carbocycles. The Morgan fingerprint density at radius 2 is 1.90 bits per heavy atom. The van der Waals surface area contributed by atoms with Gasteiger partial charge >= 0.3 is 0 Å². The normalized spacial score (nSPS) is 19.0. The Labute approximate surface area is 174 Å². The molecule has 1 aromatic carbocycles. The predicted molar refractivity (Wildman–Crippen MR) is 119 cm³/mol. The Morgan fingerprint density at radius 1 is 1.07 bits per heavy atom. The molecule has 0 bridgehead atoms. The fourth-order valence-corrected chi connectivity index (χ4v) is 5.10. The largest absolute Gasteiger partial charge is 0.399 e. The smallest absolute Gasteiger partial charge is 0.229 e. The lowest BCUT2D eigenvalue weighted by atomic mass is 10.0. The molecule has 0 unspecified atom stereocenters. The lowest BCUT2D eigenvalue weighted by molar-refractivity contribution is 0.0115. The van der Waals surface area contributed by atoms with Crippen molar-refractivity contribution in [1.29, 1.82) is 0 Å². The lowest BCUT2D eigenvalue weighted by Gasteiger charge is -2.40. The number of aromatic nitrogens is 2. The Bertz CT molecular complexity index is 978. The quantitative estimate of drug-likeness (QED) is 0.639. The Balaban J connectivity index is 1.36. The van der Waals surface area contributed by atoms with Gasteiger partial charge in [0.1, 0.15) is 0 Å². The van der Waals surface area contributed by atoms with E-state index in [0.717, 1.165) is 79.6 Å². The van der Waals surface area contributed by atoms with Crippen molar-refractivity contribution in [3.05, 3.63) is 35.7 Å². The summed E-state index contributed by atoms with van der Waals surface area (Å²) in [6, 6.07) is 10.4. The molecule has 0 radical (unpaired) electrons. The second-order valence-electron chi connectivity index (χ2n) is 7.62. The first kappa shape index (κ1) is 18.6. The van der Waals surface area contributed by atoms with Crippen molar-refractivity contribution in [2.45, 2.75) is 18.9 Å². The van der Waals surface area contributed by atoms with E-state index in [0.29, 0.717) is 12.0 Å². The summed E-state index contributed by atoms with van der Waals surface area (Å²) in [5.74, 6) is 1.66. The molecule has 3 aromatic rings. The number of nitrogen functional groups attached to an aromatic ring is 1. The van der Waals surface area contributed by atoms with E-state index in [9.17, 15) is 0 Å². The third kappa shape index (κ3) is 4.01. The minimum atomic E-state index is 0.617. The maximum absolute atomic E-state index is 5.91. The summed E-state index contributed by atoms with van der Waals surface area (Å²) in [4.78, 5) is 14.6. The maximum atomic E-state index is 5.91. The molecule has 0 spiro atoms. The number of rotatable bonds is 4. The minimum Gasteiger partial charge on any atom is -0.399 e. The molecule has 2 fully saturated rings. The van der Waals surface area contributed by atoms with Crippen molar-refractivity contribution in [1.82, 2.24) is 14.9 Å². The molecule has 7 nitrogen and oxygen atoms in total. The zero-order valence-electron chi connectivity index (χ0n) is 16.4. The van der Waals surface area contributed by atoms with E-state index in [1.165, 1.54) is 0 Å². The molecule has 2 aliphatic heterocycles. The lowest BCUT2D eigenvalue weighted by Crippen LogP contribution is -2.49. The summed E-state index contributed by atoms with van der Waals surface area (Å²) in [6.07, 6.45) is 2.32. The van der Waals surface area contributed by atoms with Gasteiger partial charge in [0, 0.05) is 43.6 Å². The van der Waals surface area contributed by atoms with Crippen LogP contribution in [0.3, 0.4) is 0 Å². The highest BCUT2D eigenvalue weighted by Crippen LogP contribution is 2.33. The third-order valence-corrected chi connectivity index (χ3v) is 6.65. The van der Waals surface area contributed by atoms with Gasteiger partial charge in [0.2, 0.25) is 5.95 Å². The second-order valence-corrected chi connectivity index (χ2v) is 8.54. The first-order valence-electron chi connectivity index (χ1n) is 10.2. The maximum Gasteiger partial charge on any atom is 0.229 e. The molecule has 0 saturated carbocycles. The molecule has 3 N–H and O–H groups in total. The third-order valence-electron chi connectivity index (χ3n) is 5.75. The highest BCUT2D eigenvalue weighted by Gasteiger charge is 2.27. The number of morpholine rings is 1. The van der Waals surface area contributed by atoms with Gasteiger partial charge in [-0.25, -0.2) is 4.98 Å². The molecule has 152 valence electrons. The molecule has 29 heavy (non-hydrogen) atoms. The van der Waals surface area contributed by atoms with E-state index in [4.69, 9.17) is 20.4 Å². The van der Waals surface area contributed by atoms with Crippen molar-refractivity contribution >= 4 is 44.7 Å². The summed E-state index contributed by atoms with van der Waals surface area (Å²) in [5.41, 5.74) is 8.52. The van der Waals surface area contributed by atoms with Crippen LogP contribution in [0.1, 0.15) is 12.8 Å². The number of benzene rings is 1. The van der Waals surface area contributed by atoms with Gasteiger partial charge in [-0.15, -0.1) is 11.3 Å². The molecule has 5 rings (SSSR count). The van der Waals surface area contributed by atoms with E-state index in [1.54, 1.807) is 11.3 Å². The van der Waals surface area contributed by atoms with Crippen molar-refractivity contribution in [2.75, 3.05) is 55.3 Å². The number of nitrogens with two attached hydrogens (primary N) is 1. The van der Waals surface area contributed by atoms with Crippen LogP contribution >= 0.6 is 11.3 Å². The number of nitrogens with zero attached hydrogens (tertiary/aromatic N) is 4. The van der Waals surface area contributed by atoms with Crippen LogP contribution < -0.4 is 16.0 Å². The number of hydrogen-bond donors (Lipinski definition) is 2. The number of ether oxygens (including phenoxy) is 1. The molecule has 4 heterocycles. The highest BCUT2D eigenvalue weighted by atomic mass is 32.1. The molecule has 2 saturated heterocycles. The summed E-state index contributed by atoms with van der Waals surface area (Å²) in [5, 5.41) is 5.41. The van der Waals surface area contributed by atoms with Crippen LogP contribution in [-0.2, 0) is 4.74 Å². The predicted octanol–water partition coefficient (Wildman–Crippen LogP) is 3.32. The molecular formula is C21H26N6OS. The molecule has 0 amide bonds. The van der Waals surface area contributed by atoms with E-state index >= 15 is 0 Å². The van der Waals surface area contributed by atoms with Gasteiger partial charge in [-0.3, -0.25) is 4.90 Å². The average Bonchev–Trinajstić information content (AvgIpc) is 3.23. The number of nitrogens with one attached hydrogen (secondary N) is 1. The average molecular weight is 411 g/mol. The van der Waals surface area contributed by atoms with Crippen LogP contribution in [0.2, 0.25) is 0 Å². The summed E-state index contributed by atoms with van der Waals surface area (Å²) >= 11 is 1.71. The van der Waals surface area contributed by atoms with Gasteiger partial charge in [-0.2, -0.15) is 4.98 Å². The van der Waals surface area contributed by atoms with Gasteiger partial charge in [0.15, 0.2) is 5.82 Å². The van der Waals surface area contributed by atoms with Crippen molar-refractivity contribution in [2.24, 2.45) is 0 Å². The molecule has 8 heteroatoms. The molecule has 0 atom stereocenters. The highest BCUT2D eigenvalue weighted by molar-refractivity contribution is 7.17. The van der Waals surface area contributed by atoms with Gasteiger partial charge in [0.05, 0.1) is 23.4 Å². The molecule has 2 aliphatic rings. The summed E-state index contributed by atoms with van der Waals surface area (Å²) in [6.45, 7) is 5.87. The minimum absolute atomic E-state index is 0.617. The number of hydrogen-bond acceptors (Lipinski definition) is 8. The standard InChI is InChI=1S/C21H26N6OS/c22-15-2-1-3-16(14-15)23-21-24-18-6-13-29-19(18)20(25-21)27-7-4-17(5-8-27)26-9-11-28-12-10-26/h1-3,6,13-14,17H,4-5,7-12,22H2,(H,23,24,25). The monoisotopic (exact) mass is 410 g/mol. The van der Waals surface area contributed by atoms with Crippen LogP contribution in [0, 0.1) is 0 Å². The molecular weight excluding hydrogens is 384 g/mol. The number of thiophene rings is 1. The zero-order valence-corrected chi connectivity index (χ0v) is 17.2. The topological polar surface area (TPSA) is 79.5 Å². The van der Waals surface area contributed by atoms with Crippen molar-refractivity contribution in [3.63, 3.8) is 0 Å². The van der Waals surface area contributed by atoms with Gasteiger partial charge in [0.25, 0.3) is 0 Å². The second kappa shape index (κ2) is 8.14. The summed E-state index contributed by atoms with van der Waals surface area (Å²) in [7, 11) is 0. The Morgan fingerprint density at radius 3 is 2.69 bits per heavy atom. The van der Waals surface area contributed by atoms with Crippen LogP contribution in [0.25, 0.3) is 10.2 Å².